The van der Waals surface area contributed by atoms with E-state index in [2.05, 4.69) is 3.97 Å². The summed E-state index contributed by atoms with van der Waals surface area (Å²) in [7, 11) is -5.35. The molecule has 0 unspecified atom stereocenters. The Balaban J connectivity index is 4.25. The first-order chi connectivity index (χ1) is 6.20. The minimum atomic E-state index is -3.54. The normalized spacial score (nSPS) is 13.1. The van der Waals surface area contributed by atoms with Gasteiger partial charge >= 0.3 is 8.60 Å². The van der Waals surface area contributed by atoms with Crippen LogP contribution in [0.4, 0.5) is 0 Å². The molecule has 0 aromatic carbocycles. The Bertz CT molecular complexity index is 239. The highest BCUT2D eigenvalue weighted by Gasteiger charge is 2.21. The van der Waals surface area contributed by atoms with Crippen LogP contribution in [0.15, 0.2) is 0 Å². The molecule has 0 N–H and O–H groups in total. The molecule has 14 heavy (non-hydrogen) atoms. The molecule has 0 amide bonds. The standard InChI is InChI=1S/C7H17O5PS/c1-6(2)10-13(11-7(3)4)12-14(5,8)9/h6-7H,1-5H3. The van der Waals surface area contributed by atoms with Crippen LogP contribution in [-0.4, -0.2) is 26.9 Å². The summed E-state index contributed by atoms with van der Waals surface area (Å²) in [6.45, 7) is 7.13. The van der Waals surface area contributed by atoms with E-state index in [0.717, 1.165) is 6.26 Å². The summed E-state index contributed by atoms with van der Waals surface area (Å²) in [4.78, 5) is 0. The molecule has 0 aromatic heterocycles. The smallest absolute Gasteiger partial charge is 0.309 e. The fourth-order valence-electron chi connectivity index (χ4n) is 0.515. The van der Waals surface area contributed by atoms with Crippen molar-refractivity contribution in [1.82, 2.24) is 0 Å². The van der Waals surface area contributed by atoms with Crippen LogP contribution in [0.5, 0.6) is 0 Å². The predicted molar refractivity (Wildman–Crippen MR) is 55.3 cm³/mol. The summed E-state index contributed by atoms with van der Waals surface area (Å²) < 4.78 is 36.7. The third-order valence-corrected chi connectivity index (χ3v) is 3.55. The SMILES string of the molecule is CC(C)OP(OC(C)C)OS(C)(=O)=O. The topological polar surface area (TPSA) is 61.8 Å². The lowest BCUT2D eigenvalue weighted by molar-refractivity contribution is 0.145. The van der Waals surface area contributed by atoms with Gasteiger partial charge in [0.05, 0.1) is 18.5 Å². The van der Waals surface area contributed by atoms with Crippen LogP contribution in [0, 0.1) is 0 Å². The van der Waals surface area contributed by atoms with E-state index in [4.69, 9.17) is 9.05 Å². The summed E-state index contributed by atoms with van der Waals surface area (Å²) in [5.41, 5.74) is 0. The molecule has 0 saturated carbocycles. The van der Waals surface area contributed by atoms with Crippen molar-refractivity contribution in [3.63, 3.8) is 0 Å². The van der Waals surface area contributed by atoms with Crippen LogP contribution in [0.3, 0.4) is 0 Å². The van der Waals surface area contributed by atoms with Crippen LogP contribution in [0.1, 0.15) is 27.7 Å². The van der Waals surface area contributed by atoms with Crippen LogP contribution < -0.4 is 0 Å². The van der Waals surface area contributed by atoms with Gasteiger partial charge in [0.15, 0.2) is 0 Å². The van der Waals surface area contributed by atoms with E-state index in [1.54, 1.807) is 27.7 Å². The lowest BCUT2D eigenvalue weighted by atomic mass is 10.5. The Morgan fingerprint density at radius 2 is 1.36 bits per heavy atom. The van der Waals surface area contributed by atoms with E-state index in [1.165, 1.54) is 0 Å². The maximum absolute atomic E-state index is 10.8. The second-order valence-corrected chi connectivity index (χ2v) is 6.18. The third kappa shape index (κ3) is 8.84. The molecule has 0 radical (unpaired) electrons. The molecule has 5 nitrogen and oxygen atoms in total. The zero-order valence-electron chi connectivity index (χ0n) is 9.05. The average molecular weight is 244 g/mol. The highest BCUT2D eigenvalue weighted by atomic mass is 32.2. The summed E-state index contributed by atoms with van der Waals surface area (Å²) in [6, 6.07) is 0. The summed E-state index contributed by atoms with van der Waals surface area (Å²) in [5, 5.41) is 0. The molecule has 0 heterocycles. The Morgan fingerprint density at radius 3 is 1.57 bits per heavy atom. The van der Waals surface area contributed by atoms with Crippen LogP contribution in [0.25, 0.3) is 0 Å². The van der Waals surface area contributed by atoms with Crippen LogP contribution >= 0.6 is 8.60 Å². The Kier molecular flexibility index (Phi) is 6.09. The molecule has 0 aliphatic rings. The number of hydrogen-bond donors (Lipinski definition) is 0. The molecular weight excluding hydrogens is 227 g/mol. The molecule has 0 atom stereocenters. The fourth-order valence-corrected chi connectivity index (χ4v) is 2.42. The zero-order valence-corrected chi connectivity index (χ0v) is 10.8. The van der Waals surface area contributed by atoms with Crippen molar-refractivity contribution in [1.29, 1.82) is 0 Å². The molecule has 7 heteroatoms. The van der Waals surface area contributed by atoms with Gasteiger partial charge in [-0.15, -0.1) is 0 Å². The van der Waals surface area contributed by atoms with Gasteiger partial charge in [-0.25, -0.2) is 0 Å². The first-order valence-corrected chi connectivity index (χ1v) is 7.15. The largest absolute Gasteiger partial charge is 0.349 e. The van der Waals surface area contributed by atoms with Gasteiger partial charge in [-0.05, 0) is 27.7 Å². The van der Waals surface area contributed by atoms with Gasteiger partial charge < -0.3 is 9.05 Å². The highest BCUT2D eigenvalue weighted by molar-refractivity contribution is 7.89. The van der Waals surface area contributed by atoms with E-state index in [0.29, 0.717) is 0 Å². The van der Waals surface area contributed by atoms with Crippen LogP contribution in [-0.2, 0) is 23.1 Å². The molecule has 0 aliphatic carbocycles. The van der Waals surface area contributed by atoms with Gasteiger partial charge in [0.1, 0.15) is 0 Å². The van der Waals surface area contributed by atoms with Crippen molar-refractivity contribution >= 4 is 18.7 Å². The maximum atomic E-state index is 10.8. The highest BCUT2D eigenvalue weighted by Crippen LogP contribution is 2.43. The summed E-state index contributed by atoms with van der Waals surface area (Å²) in [5.74, 6) is 0. The average Bonchev–Trinajstić information content (AvgIpc) is 1.77. The van der Waals surface area contributed by atoms with Crippen molar-refractivity contribution in [3.8, 4) is 0 Å². The van der Waals surface area contributed by atoms with Gasteiger partial charge in [0.2, 0.25) is 0 Å². The lowest BCUT2D eigenvalue weighted by Crippen LogP contribution is -2.09. The van der Waals surface area contributed by atoms with Crippen molar-refractivity contribution in [2.45, 2.75) is 39.9 Å². The summed E-state index contributed by atoms with van der Waals surface area (Å²) >= 11 is 0. The van der Waals surface area contributed by atoms with Gasteiger partial charge in [-0.1, -0.05) is 0 Å². The molecule has 0 rings (SSSR count). The maximum Gasteiger partial charge on any atom is 0.349 e. The molecule has 0 fully saturated rings. The number of hydrogen-bond acceptors (Lipinski definition) is 5. The van der Waals surface area contributed by atoms with Gasteiger partial charge in [-0.2, -0.15) is 12.4 Å². The second kappa shape index (κ2) is 5.98. The monoisotopic (exact) mass is 244 g/mol. The third-order valence-electron chi connectivity index (χ3n) is 0.790. The molecule has 0 spiro atoms. The minimum absolute atomic E-state index is 0.137. The second-order valence-electron chi connectivity index (χ2n) is 3.31. The van der Waals surface area contributed by atoms with Crippen molar-refractivity contribution in [2.24, 2.45) is 0 Å². The fraction of sp³-hybridized carbons (Fsp3) is 1.00. The molecular formula is C7H17O5PS. The van der Waals surface area contributed by atoms with Crippen molar-refractivity contribution in [3.05, 3.63) is 0 Å². The first-order valence-electron chi connectivity index (χ1n) is 4.24. The number of rotatable bonds is 6. The van der Waals surface area contributed by atoms with E-state index in [-0.39, 0.29) is 12.2 Å². The summed E-state index contributed by atoms with van der Waals surface area (Å²) in [6.07, 6.45) is 0.693. The molecule has 0 bridgehead atoms. The van der Waals surface area contributed by atoms with Gasteiger partial charge in [0, 0.05) is 0 Å². The molecule has 86 valence electrons. The van der Waals surface area contributed by atoms with Gasteiger partial charge in [-0.3, -0.25) is 0 Å². The first kappa shape index (κ1) is 14.3. The van der Waals surface area contributed by atoms with Gasteiger partial charge in [0.25, 0.3) is 10.1 Å². The van der Waals surface area contributed by atoms with E-state index in [1.807, 2.05) is 0 Å². The Labute approximate surface area is 86.9 Å². The molecule has 0 aromatic rings. The van der Waals surface area contributed by atoms with E-state index >= 15 is 0 Å². The quantitative estimate of drug-likeness (QED) is 0.669. The Hall–Kier alpha value is 0.260. The van der Waals surface area contributed by atoms with E-state index in [9.17, 15) is 8.42 Å². The minimum Gasteiger partial charge on any atom is -0.309 e. The molecule has 0 aliphatic heterocycles. The Morgan fingerprint density at radius 1 is 1.00 bits per heavy atom. The zero-order chi connectivity index (χ0) is 11.4. The van der Waals surface area contributed by atoms with Crippen molar-refractivity contribution in [2.75, 3.05) is 6.26 Å². The lowest BCUT2D eigenvalue weighted by Gasteiger charge is -2.19. The molecule has 0 saturated heterocycles. The van der Waals surface area contributed by atoms with Crippen molar-refractivity contribution < 1.29 is 21.4 Å². The van der Waals surface area contributed by atoms with Crippen LogP contribution in [0.2, 0.25) is 0 Å². The van der Waals surface area contributed by atoms with E-state index < -0.39 is 18.7 Å². The predicted octanol–water partition coefficient (Wildman–Crippen LogP) is 2.04.